The fourth-order valence-electron chi connectivity index (χ4n) is 2.72. The van der Waals surface area contributed by atoms with Gasteiger partial charge in [-0.25, -0.2) is 4.98 Å². The first kappa shape index (κ1) is 19.5. The number of benzene rings is 1. The number of carbonyl (C=O) groups is 1. The van der Waals surface area contributed by atoms with E-state index < -0.39 is 5.60 Å². The molecule has 1 aromatic carbocycles. The normalized spacial score (nSPS) is 11.2. The molecule has 0 saturated carbocycles. The van der Waals surface area contributed by atoms with Crippen molar-refractivity contribution in [2.45, 2.75) is 32.8 Å². The number of amides is 1. The van der Waals surface area contributed by atoms with Gasteiger partial charge in [0.15, 0.2) is 0 Å². The van der Waals surface area contributed by atoms with Crippen molar-refractivity contribution in [1.82, 2.24) is 9.97 Å². The molecular weight excluding hydrogens is 336 g/mol. The van der Waals surface area contributed by atoms with Crippen LogP contribution in [0.15, 0.2) is 18.3 Å². The molecule has 0 radical (unpaired) electrons. The SMILES string of the molecule is COc1cc(Cc2cnc(N)nc2NC(C)=O)cc(OC)c1C(C)(C)O. The average Bonchev–Trinajstić information content (AvgIpc) is 2.54. The molecule has 4 N–H and O–H groups in total. The lowest BCUT2D eigenvalue weighted by atomic mass is 9.93. The standard InChI is InChI=1S/C18H24N4O4/c1-10(23)21-16-12(9-20-17(19)22-16)6-11-7-13(25-4)15(18(2,3)24)14(8-11)26-5/h7-9,24H,6H2,1-5H3,(H3,19,20,21,22,23). The molecule has 0 atom stereocenters. The zero-order chi connectivity index (χ0) is 19.5. The van der Waals surface area contributed by atoms with Crippen LogP contribution in [0.25, 0.3) is 0 Å². The number of nitrogens with one attached hydrogen (secondary N) is 1. The van der Waals surface area contributed by atoms with Gasteiger partial charge >= 0.3 is 0 Å². The van der Waals surface area contributed by atoms with Crippen LogP contribution in [-0.2, 0) is 16.8 Å². The van der Waals surface area contributed by atoms with E-state index in [1.807, 2.05) is 12.1 Å². The Bertz CT molecular complexity index is 790. The summed E-state index contributed by atoms with van der Waals surface area (Å²) in [5.74, 6) is 1.19. The van der Waals surface area contributed by atoms with Crippen molar-refractivity contribution >= 4 is 17.7 Å². The maximum Gasteiger partial charge on any atom is 0.222 e. The Morgan fingerprint density at radius 1 is 1.27 bits per heavy atom. The summed E-state index contributed by atoms with van der Waals surface area (Å²) in [6, 6.07) is 3.62. The molecule has 8 nitrogen and oxygen atoms in total. The minimum Gasteiger partial charge on any atom is -0.496 e. The van der Waals surface area contributed by atoms with Crippen LogP contribution in [0.4, 0.5) is 11.8 Å². The molecule has 0 aliphatic carbocycles. The van der Waals surface area contributed by atoms with E-state index in [0.29, 0.717) is 34.9 Å². The second-order valence-electron chi connectivity index (χ2n) is 6.39. The van der Waals surface area contributed by atoms with Crippen LogP contribution in [0, 0.1) is 0 Å². The van der Waals surface area contributed by atoms with E-state index in [0.717, 1.165) is 5.56 Å². The monoisotopic (exact) mass is 360 g/mol. The molecule has 0 spiro atoms. The minimum absolute atomic E-state index is 0.0741. The van der Waals surface area contributed by atoms with Gasteiger partial charge in [0.25, 0.3) is 0 Å². The number of ether oxygens (including phenoxy) is 2. The van der Waals surface area contributed by atoms with Gasteiger partial charge in [-0.1, -0.05) is 0 Å². The number of rotatable bonds is 6. The van der Waals surface area contributed by atoms with Crippen molar-refractivity contribution < 1.29 is 19.4 Å². The van der Waals surface area contributed by atoms with Crippen LogP contribution in [-0.4, -0.2) is 35.2 Å². The van der Waals surface area contributed by atoms with E-state index >= 15 is 0 Å². The molecule has 2 aromatic rings. The number of anilines is 2. The van der Waals surface area contributed by atoms with Gasteiger partial charge in [-0.15, -0.1) is 0 Å². The molecule has 2 rings (SSSR count). The molecule has 1 aromatic heterocycles. The van der Waals surface area contributed by atoms with Crippen molar-refractivity contribution in [2.24, 2.45) is 0 Å². The predicted octanol–water partition coefficient (Wildman–Crippen LogP) is 1.85. The highest BCUT2D eigenvalue weighted by Crippen LogP contribution is 2.39. The highest BCUT2D eigenvalue weighted by atomic mass is 16.5. The van der Waals surface area contributed by atoms with Crippen LogP contribution >= 0.6 is 0 Å². The molecule has 0 aliphatic rings. The van der Waals surface area contributed by atoms with Gasteiger partial charge in [0.2, 0.25) is 11.9 Å². The van der Waals surface area contributed by atoms with Crippen LogP contribution in [0.5, 0.6) is 11.5 Å². The van der Waals surface area contributed by atoms with Crippen molar-refractivity contribution in [3.63, 3.8) is 0 Å². The number of nitrogens with zero attached hydrogens (tertiary/aromatic N) is 2. The van der Waals surface area contributed by atoms with Crippen molar-refractivity contribution in [3.8, 4) is 11.5 Å². The maximum atomic E-state index is 11.4. The lowest BCUT2D eigenvalue weighted by molar-refractivity contribution is -0.114. The molecule has 0 unspecified atom stereocenters. The summed E-state index contributed by atoms with van der Waals surface area (Å²) in [7, 11) is 3.06. The first-order valence-electron chi connectivity index (χ1n) is 8.02. The topological polar surface area (TPSA) is 120 Å². The lowest BCUT2D eigenvalue weighted by Gasteiger charge is -2.24. The Hall–Kier alpha value is -2.87. The summed E-state index contributed by atoms with van der Waals surface area (Å²) in [6.45, 7) is 4.72. The molecule has 1 heterocycles. The molecule has 26 heavy (non-hydrogen) atoms. The fraction of sp³-hybridized carbons (Fsp3) is 0.389. The lowest BCUT2D eigenvalue weighted by Crippen LogP contribution is -2.18. The summed E-state index contributed by atoms with van der Waals surface area (Å²) >= 11 is 0. The zero-order valence-corrected chi connectivity index (χ0v) is 15.6. The molecule has 0 aliphatic heterocycles. The molecule has 140 valence electrons. The Labute approximate surface area is 152 Å². The molecule has 0 fully saturated rings. The predicted molar refractivity (Wildman–Crippen MR) is 98.3 cm³/mol. The number of methoxy groups -OCH3 is 2. The summed E-state index contributed by atoms with van der Waals surface area (Å²) < 4.78 is 10.9. The van der Waals surface area contributed by atoms with Crippen LogP contribution in [0.1, 0.15) is 37.5 Å². The van der Waals surface area contributed by atoms with Crippen LogP contribution in [0.3, 0.4) is 0 Å². The fourth-order valence-corrected chi connectivity index (χ4v) is 2.72. The van der Waals surface area contributed by atoms with Crippen molar-refractivity contribution in [1.29, 1.82) is 0 Å². The van der Waals surface area contributed by atoms with Crippen molar-refractivity contribution in [2.75, 3.05) is 25.3 Å². The minimum atomic E-state index is -1.14. The van der Waals surface area contributed by atoms with Crippen molar-refractivity contribution in [3.05, 3.63) is 35.0 Å². The second-order valence-corrected chi connectivity index (χ2v) is 6.39. The molecular formula is C18H24N4O4. The van der Waals surface area contributed by atoms with Gasteiger partial charge in [-0.2, -0.15) is 4.98 Å². The third-order valence-electron chi connectivity index (χ3n) is 3.75. The van der Waals surface area contributed by atoms with E-state index in [2.05, 4.69) is 15.3 Å². The maximum absolute atomic E-state index is 11.4. The number of nitrogens with two attached hydrogens (primary N) is 1. The smallest absolute Gasteiger partial charge is 0.222 e. The average molecular weight is 360 g/mol. The van der Waals surface area contributed by atoms with E-state index in [9.17, 15) is 9.90 Å². The number of aliphatic hydroxyl groups is 1. The Kier molecular flexibility index (Phi) is 5.66. The zero-order valence-electron chi connectivity index (χ0n) is 15.6. The first-order chi connectivity index (χ1) is 12.2. The van der Waals surface area contributed by atoms with Gasteiger partial charge in [0.1, 0.15) is 17.3 Å². The van der Waals surface area contributed by atoms with E-state index in [1.165, 1.54) is 21.1 Å². The van der Waals surface area contributed by atoms with Gasteiger partial charge in [-0.05, 0) is 31.5 Å². The van der Waals surface area contributed by atoms with E-state index in [4.69, 9.17) is 15.2 Å². The summed E-state index contributed by atoms with van der Waals surface area (Å²) in [5, 5.41) is 13.1. The number of nitrogen functional groups attached to an aromatic ring is 1. The summed E-state index contributed by atoms with van der Waals surface area (Å²) in [5.41, 5.74) is 6.56. The van der Waals surface area contributed by atoms with E-state index in [-0.39, 0.29) is 11.9 Å². The van der Waals surface area contributed by atoms with E-state index in [1.54, 1.807) is 20.0 Å². The summed E-state index contributed by atoms with van der Waals surface area (Å²) in [4.78, 5) is 19.5. The Morgan fingerprint density at radius 2 is 1.85 bits per heavy atom. The molecule has 8 heteroatoms. The largest absolute Gasteiger partial charge is 0.496 e. The Morgan fingerprint density at radius 3 is 2.31 bits per heavy atom. The second kappa shape index (κ2) is 7.57. The molecule has 0 bridgehead atoms. The molecule has 1 amide bonds. The van der Waals surface area contributed by atoms with Gasteiger partial charge < -0.3 is 25.6 Å². The summed E-state index contributed by atoms with van der Waals surface area (Å²) in [6.07, 6.45) is 1.98. The highest BCUT2D eigenvalue weighted by molar-refractivity contribution is 5.88. The number of hydrogen-bond donors (Lipinski definition) is 3. The number of hydrogen-bond acceptors (Lipinski definition) is 7. The highest BCUT2D eigenvalue weighted by Gasteiger charge is 2.26. The Balaban J connectivity index is 2.50. The quantitative estimate of drug-likeness (QED) is 0.719. The van der Waals surface area contributed by atoms with Crippen LogP contribution in [0.2, 0.25) is 0 Å². The van der Waals surface area contributed by atoms with Gasteiger partial charge in [0.05, 0.1) is 25.4 Å². The van der Waals surface area contributed by atoms with Crippen LogP contribution < -0.4 is 20.5 Å². The first-order valence-corrected chi connectivity index (χ1v) is 8.02. The van der Waals surface area contributed by atoms with Gasteiger partial charge in [0, 0.05) is 25.1 Å². The third-order valence-corrected chi connectivity index (χ3v) is 3.75. The van der Waals surface area contributed by atoms with Gasteiger partial charge in [-0.3, -0.25) is 4.79 Å². The number of carbonyl (C=O) groups excluding carboxylic acids is 1. The third kappa shape index (κ3) is 4.40. The molecule has 0 saturated heterocycles. The number of aromatic nitrogens is 2.